The number of allylic oxidation sites excluding steroid dienone is 1. The van der Waals surface area contributed by atoms with Crippen molar-refractivity contribution in [2.45, 2.75) is 0 Å². The van der Waals surface area contributed by atoms with Crippen LogP contribution in [0.2, 0.25) is 0 Å². The standard InChI is InChI=1S/C5H5IO2/c7-4-1-2-6-3-5(4)8/h1-3,7-8H. The summed E-state index contributed by atoms with van der Waals surface area (Å²) < 4.78 is 3.54. The van der Waals surface area contributed by atoms with Gasteiger partial charge in [0.2, 0.25) is 0 Å². The zero-order valence-corrected chi connectivity index (χ0v) is 6.16. The first-order chi connectivity index (χ1) is 3.80. The van der Waals surface area contributed by atoms with Crippen molar-refractivity contribution < 1.29 is 10.2 Å². The summed E-state index contributed by atoms with van der Waals surface area (Å²) in [5.41, 5.74) is 0. The fourth-order valence-corrected chi connectivity index (χ4v) is 1.75. The largest absolute Gasteiger partial charge is 0.504 e. The summed E-state index contributed by atoms with van der Waals surface area (Å²) in [6.45, 7) is 0. The van der Waals surface area contributed by atoms with Gasteiger partial charge in [-0.25, -0.2) is 0 Å². The number of hydrogen-bond donors (Lipinski definition) is 2. The second-order valence-corrected chi connectivity index (χ2v) is 3.36. The van der Waals surface area contributed by atoms with Gasteiger partial charge >= 0.3 is 0 Å². The molecule has 0 unspecified atom stereocenters. The molecule has 0 radical (unpaired) electrons. The molecule has 1 aliphatic rings. The molecule has 0 saturated heterocycles. The SMILES string of the molecule is OC1=CC=IC=C1O. The minimum Gasteiger partial charge on any atom is -0.504 e. The summed E-state index contributed by atoms with van der Waals surface area (Å²) in [7, 11) is 0. The van der Waals surface area contributed by atoms with Gasteiger partial charge in [0.1, 0.15) is 0 Å². The second kappa shape index (κ2) is 2.30. The van der Waals surface area contributed by atoms with Crippen LogP contribution in [0.1, 0.15) is 0 Å². The van der Waals surface area contributed by atoms with Gasteiger partial charge in [-0.3, -0.25) is 0 Å². The lowest BCUT2D eigenvalue weighted by Gasteiger charge is -1.96. The Hall–Kier alpha value is -0.320. The second-order valence-electron chi connectivity index (χ2n) is 1.30. The van der Waals surface area contributed by atoms with Crippen molar-refractivity contribution in [2.24, 2.45) is 0 Å². The normalized spacial score (nSPS) is 18.5. The van der Waals surface area contributed by atoms with E-state index in [-0.39, 0.29) is 32.2 Å². The summed E-state index contributed by atoms with van der Waals surface area (Å²) in [5, 5.41) is 17.4. The molecule has 1 rings (SSSR count). The highest BCUT2D eigenvalue weighted by Gasteiger charge is 1.98. The molecule has 0 aromatic rings. The van der Waals surface area contributed by atoms with Crippen LogP contribution in [0.4, 0.5) is 0 Å². The number of aliphatic hydroxyl groups excluding tert-OH is 2. The van der Waals surface area contributed by atoms with Crippen molar-refractivity contribution in [3.63, 3.8) is 0 Å². The first-order valence-electron chi connectivity index (χ1n) is 2.04. The van der Waals surface area contributed by atoms with Crippen LogP contribution in [0.3, 0.4) is 0 Å². The maximum atomic E-state index is 8.73. The number of rotatable bonds is 0. The van der Waals surface area contributed by atoms with Gasteiger partial charge in [-0.15, -0.1) is 0 Å². The fraction of sp³-hybridized carbons (Fsp3) is 0. The van der Waals surface area contributed by atoms with Gasteiger partial charge < -0.3 is 10.2 Å². The molecule has 0 fully saturated rings. The number of aliphatic hydroxyl groups is 2. The summed E-state index contributed by atoms with van der Waals surface area (Å²) >= 11 is -0.126. The lowest BCUT2D eigenvalue weighted by Crippen LogP contribution is -1.87. The van der Waals surface area contributed by atoms with Gasteiger partial charge in [0.15, 0.2) is 11.5 Å². The smallest absolute Gasteiger partial charge is 0.163 e. The van der Waals surface area contributed by atoms with E-state index in [1.165, 1.54) is 6.08 Å². The lowest BCUT2D eigenvalue weighted by atomic mass is 10.4. The highest BCUT2D eigenvalue weighted by Crippen LogP contribution is 2.13. The van der Waals surface area contributed by atoms with Gasteiger partial charge in [-0.2, -0.15) is 0 Å². The van der Waals surface area contributed by atoms with Crippen molar-refractivity contribution in [1.29, 1.82) is 0 Å². The van der Waals surface area contributed by atoms with Crippen LogP contribution in [0.25, 0.3) is 0 Å². The fourth-order valence-electron chi connectivity index (χ4n) is 0.333. The lowest BCUT2D eigenvalue weighted by molar-refractivity contribution is 0.329. The van der Waals surface area contributed by atoms with Crippen molar-refractivity contribution in [2.75, 3.05) is 0 Å². The Balaban J connectivity index is 2.93. The van der Waals surface area contributed by atoms with Gasteiger partial charge in [-0.1, -0.05) is 20.7 Å². The molecule has 8 heavy (non-hydrogen) atoms. The van der Waals surface area contributed by atoms with Gasteiger partial charge in [-0.05, 0) is 10.1 Å². The molecule has 0 atom stereocenters. The molecular weight excluding hydrogens is 219 g/mol. The molecule has 0 bridgehead atoms. The molecule has 3 heteroatoms. The highest BCUT2D eigenvalue weighted by molar-refractivity contribution is 14.2. The Morgan fingerprint density at radius 3 is 2.38 bits per heavy atom. The molecule has 0 amide bonds. The maximum absolute atomic E-state index is 8.73. The molecule has 44 valence electrons. The third-order valence-corrected chi connectivity index (χ3v) is 2.45. The topological polar surface area (TPSA) is 40.5 Å². The van der Waals surface area contributed by atoms with E-state index in [1.54, 1.807) is 4.08 Å². The molecule has 2 nitrogen and oxygen atoms in total. The molecular formula is C5H5IO2. The van der Waals surface area contributed by atoms with Crippen LogP contribution in [0.5, 0.6) is 0 Å². The average Bonchev–Trinajstić information content (AvgIpc) is 1.77. The van der Waals surface area contributed by atoms with Crippen LogP contribution in [0.15, 0.2) is 21.7 Å². The third kappa shape index (κ3) is 1.09. The van der Waals surface area contributed by atoms with E-state index in [0.29, 0.717) is 0 Å². The number of hydrogen-bond acceptors (Lipinski definition) is 2. The van der Waals surface area contributed by atoms with Crippen LogP contribution in [-0.4, -0.2) is 14.2 Å². The third-order valence-electron chi connectivity index (χ3n) is 0.722. The zero-order valence-electron chi connectivity index (χ0n) is 4.00. The van der Waals surface area contributed by atoms with E-state index in [4.69, 9.17) is 10.2 Å². The highest BCUT2D eigenvalue weighted by atomic mass is 127. The molecule has 2 N–H and O–H groups in total. The van der Waals surface area contributed by atoms with Crippen LogP contribution >= 0.6 is 20.7 Å². The van der Waals surface area contributed by atoms with E-state index < -0.39 is 0 Å². The predicted molar refractivity (Wildman–Crippen MR) is 41.5 cm³/mol. The first kappa shape index (κ1) is 5.81. The van der Waals surface area contributed by atoms with E-state index in [9.17, 15) is 0 Å². The zero-order chi connectivity index (χ0) is 5.98. The summed E-state index contributed by atoms with van der Waals surface area (Å²) in [6, 6.07) is 0. The molecule has 1 aliphatic heterocycles. The monoisotopic (exact) mass is 224 g/mol. The maximum Gasteiger partial charge on any atom is 0.163 e. The van der Waals surface area contributed by atoms with Crippen LogP contribution in [0, 0.1) is 0 Å². The van der Waals surface area contributed by atoms with Crippen LogP contribution < -0.4 is 0 Å². The minimum absolute atomic E-state index is 0.0176. The molecule has 0 aromatic carbocycles. The number of halogens is 1. The van der Waals surface area contributed by atoms with Crippen molar-refractivity contribution in [3.8, 4) is 0 Å². The summed E-state index contributed by atoms with van der Waals surface area (Å²) in [4.78, 5) is 0. The first-order valence-corrected chi connectivity index (χ1v) is 4.54. The molecule has 0 saturated carbocycles. The molecule has 0 spiro atoms. The quantitative estimate of drug-likeness (QED) is 0.613. The van der Waals surface area contributed by atoms with Gasteiger partial charge in [0.25, 0.3) is 0 Å². The van der Waals surface area contributed by atoms with Gasteiger partial charge in [0, 0.05) is 4.08 Å². The Morgan fingerprint density at radius 1 is 1.25 bits per heavy atom. The summed E-state index contributed by atoms with van der Waals surface area (Å²) in [6.07, 6.45) is 1.53. The van der Waals surface area contributed by atoms with Crippen molar-refractivity contribution in [3.05, 3.63) is 21.7 Å². The Kier molecular flexibility index (Phi) is 1.67. The molecule has 0 aromatic heterocycles. The molecule has 0 aliphatic carbocycles. The Morgan fingerprint density at radius 2 is 2.00 bits per heavy atom. The Bertz CT molecular complexity index is 159. The average molecular weight is 224 g/mol. The van der Waals surface area contributed by atoms with Crippen molar-refractivity contribution in [1.82, 2.24) is 0 Å². The van der Waals surface area contributed by atoms with E-state index in [1.807, 2.05) is 4.01 Å². The van der Waals surface area contributed by atoms with E-state index in [0.717, 1.165) is 0 Å². The van der Waals surface area contributed by atoms with E-state index >= 15 is 0 Å². The van der Waals surface area contributed by atoms with Crippen LogP contribution in [-0.2, 0) is 0 Å². The predicted octanol–water partition coefficient (Wildman–Crippen LogP) is 1.61. The summed E-state index contributed by atoms with van der Waals surface area (Å²) in [5.74, 6) is 0.0104. The van der Waals surface area contributed by atoms with Crippen molar-refractivity contribution >= 4 is 24.7 Å². The van der Waals surface area contributed by atoms with E-state index in [2.05, 4.69) is 0 Å². The minimum atomic E-state index is -0.126. The van der Waals surface area contributed by atoms with Gasteiger partial charge in [0.05, 0.1) is 0 Å². The Labute approximate surface area is 56.9 Å². The molecule has 1 heterocycles.